The SMILES string of the molecule is CO[C@H]1O[C@H](CO)[C@@H](OCc2ccccc2)[C@H](OC(=O)c2ccccc2)[C@H]1OCc1ccccc1. The van der Waals surface area contributed by atoms with E-state index < -0.39 is 36.7 Å². The number of methoxy groups -OCH3 is 1. The van der Waals surface area contributed by atoms with Crippen molar-refractivity contribution < 1.29 is 33.6 Å². The molecule has 0 amide bonds. The van der Waals surface area contributed by atoms with Crippen molar-refractivity contribution in [3.05, 3.63) is 108 Å². The first-order valence-corrected chi connectivity index (χ1v) is 11.6. The maximum Gasteiger partial charge on any atom is 0.338 e. The van der Waals surface area contributed by atoms with Gasteiger partial charge in [-0.1, -0.05) is 78.9 Å². The number of benzene rings is 3. The Morgan fingerprint density at radius 1 is 0.771 bits per heavy atom. The number of hydrogen-bond acceptors (Lipinski definition) is 7. The van der Waals surface area contributed by atoms with Gasteiger partial charge >= 0.3 is 5.97 Å². The van der Waals surface area contributed by atoms with Gasteiger partial charge in [0.05, 0.1) is 25.4 Å². The van der Waals surface area contributed by atoms with E-state index in [0.717, 1.165) is 11.1 Å². The van der Waals surface area contributed by atoms with E-state index in [9.17, 15) is 9.90 Å². The van der Waals surface area contributed by atoms with Gasteiger partial charge in [0.25, 0.3) is 0 Å². The van der Waals surface area contributed by atoms with Gasteiger partial charge in [-0.05, 0) is 23.3 Å². The zero-order chi connectivity index (χ0) is 24.5. The molecule has 1 saturated heterocycles. The predicted octanol–water partition coefficient (Wildman–Crippen LogP) is 3.75. The zero-order valence-electron chi connectivity index (χ0n) is 19.6. The molecule has 1 fully saturated rings. The highest BCUT2D eigenvalue weighted by molar-refractivity contribution is 5.89. The van der Waals surface area contributed by atoms with E-state index >= 15 is 0 Å². The summed E-state index contributed by atoms with van der Waals surface area (Å²) in [5, 5.41) is 10.1. The monoisotopic (exact) mass is 478 g/mol. The van der Waals surface area contributed by atoms with E-state index in [1.807, 2.05) is 66.7 Å². The highest BCUT2D eigenvalue weighted by Gasteiger charge is 2.50. The van der Waals surface area contributed by atoms with Crippen LogP contribution >= 0.6 is 0 Å². The van der Waals surface area contributed by atoms with Gasteiger partial charge in [-0.2, -0.15) is 0 Å². The molecule has 0 aliphatic carbocycles. The van der Waals surface area contributed by atoms with Gasteiger partial charge in [0, 0.05) is 7.11 Å². The molecule has 1 aliphatic rings. The lowest BCUT2D eigenvalue weighted by Crippen LogP contribution is -2.61. The smallest absolute Gasteiger partial charge is 0.338 e. The lowest BCUT2D eigenvalue weighted by atomic mass is 9.98. The van der Waals surface area contributed by atoms with Crippen LogP contribution in [0.1, 0.15) is 21.5 Å². The Bertz CT molecular complexity index is 971. The number of carbonyl (C=O) groups is 1. The second-order valence-electron chi connectivity index (χ2n) is 8.22. The lowest BCUT2D eigenvalue weighted by Gasteiger charge is -2.44. The molecule has 1 heterocycles. The van der Waals surface area contributed by atoms with Crippen molar-refractivity contribution >= 4 is 5.97 Å². The lowest BCUT2D eigenvalue weighted by molar-refractivity contribution is -0.312. The van der Waals surface area contributed by atoms with E-state index in [1.54, 1.807) is 24.3 Å². The third kappa shape index (κ3) is 6.54. The normalized spacial score (nSPS) is 24.1. The highest BCUT2D eigenvalue weighted by Crippen LogP contribution is 2.30. The summed E-state index contributed by atoms with van der Waals surface area (Å²) in [5.41, 5.74) is 2.28. The molecule has 5 atom stereocenters. The van der Waals surface area contributed by atoms with Crippen molar-refractivity contribution in [2.45, 2.75) is 43.9 Å². The maximum absolute atomic E-state index is 13.1. The van der Waals surface area contributed by atoms with Gasteiger partial charge in [0.1, 0.15) is 18.3 Å². The number of rotatable bonds is 10. The largest absolute Gasteiger partial charge is 0.453 e. The molecular formula is C28H30O7. The number of aliphatic hydroxyl groups is 1. The van der Waals surface area contributed by atoms with E-state index in [-0.39, 0.29) is 19.8 Å². The van der Waals surface area contributed by atoms with Gasteiger partial charge < -0.3 is 28.8 Å². The molecule has 35 heavy (non-hydrogen) atoms. The Morgan fingerprint density at radius 3 is 1.80 bits per heavy atom. The minimum absolute atomic E-state index is 0.244. The molecule has 0 aromatic heterocycles. The van der Waals surface area contributed by atoms with Crippen LogP contribution in [0.3, 0.4) is 0 Å². The summed E-state index contributed by atoms with van der Waals surface area (Å²) in [6.45, 7) is 0.154. The fourth-order valence-corrected chi connectivity index (χ4v) is 4.03. The fourth-order valence-electron chi connectivity index (χ4n) is 4.03. The standard InChI is InChI=1S/C28H30O7/c1-31-28-26(33-19-21-13-7-3-8-14-21)25(35-27(30)22-15-9-4-10-16-22)24(23(17-29)34-28)32-18-20-11-5-2-6-12-20/h2-16,23-26,28-29H,17-19H2,1H3/t23-,24-,25+,26-,28+/m1/s1. The number of carbonyl (C=O) groups excluding carboxylic acids is 1. The summed E-state index contributed by atoms with van der Waals surface area (Å²) >= 11 is 0. The van der Waals surface area contributed by atoms with Crippen LogP contribution in [0.25, 0.3) is 0 Å². The van der Waals surface area contributed by atoms with Crippen LogP contribution in [0.5, 0.6) is 0 Å². The van der Waals surface area contributed by atoms with Gasteiger partial charge in [-0.3, -0.25) is 0 Å². The van der Waals surface area contributed by atoms with Crippen molar-refractivity contribution in [1.82, 2.24) is 0 Å². The third-order valence-corrected chi connectivity index (χ3v) is 5.83. The molecule has 3 aromatic rings. The summed E-state index contributed by atoms with van der Waals surface area (Å²) in [6, 6.07) is 28.0. The third-order valence-electron chi connectivity index (χ3n) is 5.83. The first kappa shape index (κ1) is 25.0. The van der Waals surface area contributed by atoms with Crippen LogP contribution in [0.15, 0.2) is 91.0 Å². The van der Waals surface area contributed by atoms with Gasteiger partial charge in [0.2, 0.25) is 0 Å². The Morgan fingerprint density at radius 2 is 1.29 bits per heavy atom. The van der Waals surface area contributed by atoms with Gasteiger partial charge in [0.15, 0.2) is 12.4 Å². The summed E-state index contributed by atoms with van der Waals surface area (Å²) in [7, 11) is 1.49. The summed E-state index contributed by atoms with van der Waals surface area (Å²) in [4.78, 5) is 13.1. The molecular weight excluding hydrogens is 448 g/mol. The molecule has 1 aliphatic heterocycles. The number of esters is 1. The van der Waals surface area contributed by atoms with E-state index in [2.05, 4.69) is 0 Å². The minimum atomic E-state index is -0.897. The van der Waals surface area contributed by atoms with Crippen LogP contribution in [0.4, 0.5) is 0 Å². The van der Waals surface area contributed by atoms with Crippen molar-refractivity contribution in [1.29, 1.82) is 0 Å². The van der Waals surface area contributed by atoms with Crippen LogP contribution < -0.4 is 0 Å². The molecule has 4 rings (SSSR count). The Kier molecular flexibility index (Phi) is 9.00. The Hall–Kier alpha value is -3.07. The molecule has 0 bridgehead atoms. The number of ether oxygens (including phenoxy) is 5. The molecule has 184 valence electrons. The maximum atomic E-state index is 13.1. The molecule has 7 nitrogen and oxygen atoms in total. The summed E-state index contributed by atoms with van der Waals surface area (Å²) in [6.07, 6.45) is -4.14. The zero-order valence-corrected chi connectivity index (χ0v) is 19.6. The van der Waals surface area contributed by atoms with Crippen LogP contribution in [0.2, 0.25) is 0 Å². The molecule has 0 radical (unpaired) electrons. The van der Waals surface area contributed by atoms with Crippen molar-refractivity contribution in [2.75, 3.05) is 13.7 Å². The average Bonchev–Trinajstić information content (AvgIpc) is 2.92. The minimum Gasteiger partial charge on any atom is -0.453 e. The average molecular weight is 479 g/mol. The second-order valence-corrected chi connectivity index (χ2v) is 8.22. The Balaban J connectivity index is 1.61. The summed E-state index contributed by atoms with van der Waals surface area (Å²) in [5.74, 6) is -0.523. The quantitative estimate of drug-likeness (QED) is 0.445. The van der Waals surface area contributed by atoms with Crippen LogP contribution in [0, 0.1) is 0 Å². The molecule has 0 unspecified atom stereocenters. The number of aliphatic hydroxyl groups excluding tert-OH is 1. The van der Waals surface area contributed by atoms with Crippen molar-refractivity contribution in [3.63, 3.8) is 0 Å². The summed E-state index contributed by atoms with van der Waals surface area (Å²) < 4.78 is 29.9. The second kappa shape index (κ2) is 12.6. The molecule has 0 spiro atoms. The van der Waals surface area contributed by atoms with E-state index in [1.165, 1.54) is 7.11 Å². The number of hydrogen-bond donors (Lipinski definition) is 1. The first-order chi connectivity index (χ1) is 17.2. The predicted molar refractivity (Wildman–Crippen MR) is 128 cm³/mol. The van der Waals surface area contributed by atoms with Crippen LogP contribution in [-0.4, -0.2) is 55.5 Å². The van der Waals surface area contributed by atoms with Crippen molar-refractivity contribution in [3.8, 4) is 0 Å². The van der Waals surface area contributed by atoms with Crippen LogP contribution in [-0.2, 0) is 36.9 Å². The Labute approximate surface area is 205 Å². The first-order valence-electron chi connectivity index (χ1n) is 11.6. The van der Waals surface area contributed by atoms with Gasteiger partial charge in [-0.15, -0.1) is 0 Å². The topological polar surface area (TPSA) is 83.5 Å². The van der Waals surface area contributed by atoms with Gasteiger partial charge in [-0.25, -0.2) is 4.79 Å². The van der Waals surface area contributed by atoms with E-state index in [0.29, 0.717) is 5.56 Å². The molecule has 3 aromatic carbocycles. The van der Waals surface area contributed by atoms with Crippen molar-refractivity contribution in [2.24, 2.45) is 0 Å². The van der Waals surface area contributed by atoms with E-state index in [4.69, 9.17) is 23.7 Å². The molecule has 1 N–H and O–H groups in total. The molecule has 0 saturated carbocycles. The molecule has 7 heteroatoms. The fraction of sp³-hybridized carbons (Fsp3) is 0.321. The highest BCUT2D eigenvalue weighted by atomic mass is 16.7.